The van der Waals surface area contributed by atoms with Crippen LogP contribution >= 0.6 is 0 Å². The van der Waals surface area contributed by atoms with Crippen molar-refractivity contribution in [3.8, 4) is 33.8 Å². The van der Waals surface area contributed by atoms with Gasteiger partial charge in [-0.2, -0.15) is 0 Å². The number of hydrogen-bond donors (Lipinski definition) is 0. The van der Waals surface area contributed by atoms with Crippen molar-refractivity contribution >= 4 is 0 Å². The molecule has 7 rings (SSSR count). The largest absolute Gasteiger partial charge is 0.457 e. The zero-order valence-corrected chi connectivity index (χ0v) is 20.9. The molecule has 0 amide bonds. The van der Waals surface area contributed by atoms with Crippen LogP contribution in [0, 0.1) is 0 Å². The van der Waals surface area contributed by atoms with E-state index in [4.69, 9.17) is 4.74 Å². The van der Waals surface area contributed by atoms with Crippen molar-refractivity contribution in [1.29, 1.82) is 0 Å². The summed E-state index contributed by atoms with van der Waals surface area (Å²) in [5, 5.41) is 0. The lowest BCUT2D eigenvalue weighted by atomic mass is 9.66. The average Bonchev–Trinajstić information content (AvgIpc) is 3.16. The summed E-state index contributed by atoms with van der Waals surface area (Å²) in [6.45, 7) is 7.08. The van der Waals surface area contributed by atoms with Crippen molar-refractivity contribution in [2.75, 3.05) is 0 Å². The Morgan fingerprint density at radius 1 is 0.444 bits per heavy atom. The maximum absolute atomic E-state index is 6.59. The molecule has 5 aromatic carbocycles. The van der Waals surface area contributed by atoms with Crippen molar-refractivity contribution in [2.45, 2.75) is 31.6 Å². The third kappa shape index (κ3) is 2.72. The number of rotatable bonds is 2. The van der Waals surface area contributed by atoms with Gasteiger partial charge >= 0.3 is 0 Å². The van der Waals surface area contributed by atoms with Crippen LogP contribution in [0.3, 0.4) is 0 Å². The van der Waals surface area contributed by atoms with E-state index >= 15 is 0 Å². The lowest BCUT2D eigenvalue weighted by Gasteiger charge is -2.40. The van der Waals surface area contributed by atoms with Gasteiger partial charge in [-0.05, 0) is 58.0 Å². The Labute approximate surface area is 213 Å². The fourth-order valence-corrected chi connectivity index (χ4v) is 6.72. The summed E-state index contributed by atoms with van der Waals surface area (Å²) >= 11 is 0. The van der Waals surface area contributed by atoms with E-state index in [1.165, 1.54) is 50.1 Å². The molecule has 0 spiro atoms. The van der Waals surface area contributed by atoms with Crippen molar-refractivity contribution in [1.82, 2.24) is 0 Å². The molecule has 0 fully saturated rings. The summed E-state index contributed by atoms with van der Waals surface area (Å²) in [7, 11) is 0. The fraction of sp³-hybridized carbons (Fsp3) is 0.143. The number of hydrogen-bond acceptors (Lipinski definition) is 1. The highest BCUT2D eigenvalue weighted by molar-refractivity contribution is 5.90. The van der Waals surface area contributed by atoms with Gasteiger partial charge in [0.15, 0.2) is 0 Å². The molecule has 1 aliphatic carbocycles. The predicted octanol–water partition coefficient (Wildman–Crippen LogP) is 9.12. The number of benzene rings is 5. The molecule has 0 saturated carbocycles. The van der Waals surface area contributed by atoms with Gasteiger partial charge in [0.25, 0.3) is 0 Å². The first-order valence-corrected chi connectivity index (χ1v) is 12.7. The molecule has 0 bridgehead atoms. The lowest BCUT2D eigenvalue weighted by Crippen LogP contribution is -2.30. The minimum absolute atomic E-state index is 0.0954. The average molecular weight is 465 g/mol. The maximum atomic E-state index is 6.59. The highest BCUT2D eigenvalue weighted by Gasteiger charge is 2.43. The molecule has 1 atom stereocenters. The molecule has 0 N–H and O–H groups in total. The van der Waals surface area contributed by atoms with Gasteiger partial charge in [-0.25, -0.2) is 0 Å². The monoisotopic (exact) mass is 464 g/mol. The van der Waals surface area contributed by atoms with E-state index in [0.29, 0.717) is 0 Å². The quantitative estimate of drug-likeness (QED) is 0.253. The molecular weight excluding hydrogens is 436 g/mol. The minimum Gasteiger partial charge on any atom is -0.457 e. The molecule has 1 aliphatic heterocycles. The van der Waals surface area contributed by atoms with E-state index in [2.05, 4.69) is 136 Å². The summed E-state index contributed by atoms with van der Waals surface area (Å²) in [4.78, 5) is 0. The van der Waals surface area contributed by atoms with Gasteiger partial charge in [0.2, 0.25) is 0 Å². The Kier molecular flexibility index (Phi) is 4.39. The molecule has 5 aromatic rings. The molecule has 2 aliphatic rings. The SMILES string of the molecule is CC1(C)c2ccccc2-c2cccc(-c3cccc4c3C(C)(c3ccccc3)c3ccccc3O4)c21. The first-order chi connectivity index (χ1) is 17.5. The fourth-order valence-electron chi connectivity index (χ4n) is 6.72. The van der Waals surface area contributed by atoms with Crippen molar-refractivity contribution < 1.29 is 4.74 Å². The van der Waals surface area contributed by atoms with Gasteiger partial charge < -0.3 is 4.74 Å². The van der Waals surface area contributed by atoms with Gasteiger partial charge in [-0.3, -0.25) is 0 Å². The lowest BCUT2D eigenvalue weighted by molar-refractivity contribution is 0.428. The zero-order valence-electron chi connectivity index (χ0n) is 20.9. The van der Waals surface area contributed by atoms with Crippen LogP contribution in [0.4, 0.5) is 0 Å². The number of fused-ring (bicyclic) bond motifs is 5. The van der Waals surface area contributed by atoms with Gasteiger partial charge in [-0.1, -0.05) is 117 Å². The minimum atomic E-state index is -0.361. The summed E-state index contributed by atoms with van der Waals surface area (Å²) in [6.07, 6.45) is 0. The predicted molar refractivity (Wildman–Crippen MR) is 148 cm³/mol. The third-order valence-corrected chi connectivity index (χ3v) is 8.39. The molecule has 0 radical (unpaired) electrons. The maximum Gasteiger partial charge on any atom is 0.132 e. The molecule has 1 unspecified atom stereocenters. The van der Waals surface area contributed by atoms with Gasteiger partial charge in [-0.15, -0.1) is 0 Å². The summed E-state index contributed by atoms with van der Waals surface area (Å²) < 4.78 is 6.59. The van der Waals surface area contributed by atoms with Crippen molar-refractivity contribution in [3.05, 3.63) is 143 Å². The second-order valence-corrected chi connectivity index (χ2v) is 10.7. The molecule has 0 aromatic heterocycles. The van der Waals surface area contributed by atoms with Crippen LogP contribution in [-0.2, 0) is 10.8 Å². The van der Waals surface area contributed by atoms with Gasteiger partial charge in [0, 0.05) is 16.5 Å². The van der Waals surface area contributed by atoms with Gasteiger partial charge in [0.1, 0.15) is 11.5 Å². The Hall–Kier alpha value is -4.10. The van der Waals surface area contributed by atoms with Crippen LogP contribution in [0.25, 0.3) is 22.3 Å². The number of para-hydroxylation sites is 1. The Morgan fingerprint density at radius 3 is 1.75 bits per heavy atom. The smallest absolute Gasteiger partial charge is 0.132 e. The summed E-state index contributed by atoms with van der Waals surface area (Å²) in [5.74, 6) is 1.86. The summed E-state index contributed by atoms with van der Waals surface area (Å²) in [5.41, 5.74) is 11.2. The normalized spacial score (nSPS) is 18.4. The van der Waals surface area contributed by atoms with Crippen LogP contribution in [-0.4, -0.2) is 0 Å². The highest BCUT2D eigenvalue weighted by Crippen LogP contribution is 2.57. The van der Waals surface area contributed by atoms with Crippen molar-refractivity contribution in [2.24, 2.45) is 0 Å². The summed E-state index contributed by atoms with van der Waals surface area (Å²) in [6, 6.07) is 41.6. The van der Waals surface area contributed by atoms with Crippen LogP contribution in [0.2, 0.25) is 0 Å². The molecule has 36 heavy (non-hydrogen) atoms. The van der Waals surface area contributed by atoms with Crippen LogP contribution in [0.15, 0.2) is 115 Å². The Bertz CT molecular complexity index is 1640. The molecule has 1 nitrogen and oxygen atoms in total. The standard InChI is InChI=1S/C35H28O/c1-34(2)28-19-8-7-15-24(28)25-16-11-17-26(32(25)34)27-18-12-22-31-33(27)35(3,23-13-5-4-6-14-23)29-20-9-10-21-30(29)36-31/h4-22H,1-3H3. The van der Waals surface area contributed by atoms with Crippen LogP contribution < -0.4 is 4.74 Å². The zero-order chi connectivity index (χ0) is 24.5. The molecule has 0 saturated heterocycles. The molecule has 174 valence electrons. The van der Waals surface area contributed by atoms with E-state index in [9.17, 15) is 0 Å². The van der Waals surface area contributed by atoms with E-state index in [1.807, 2.05) is 0 Å². The Balaban J connectivity index is 1.56. The second kappa shape index (κ2) is 7.45. The topological polar surface area (TPSA) is 9.23 Å². The van der Waals surface area contributed by atoms with Crippen LogP contribution in [0.5, 0.6) is 11.5 Å². The third-order valence-electron chi connectivity index (χ3n) is 8.39. The van der Waals surface area contributed by atoms with E-state index in [-0.39, 0.29) is 10.8 Å². The first-order valence-electron chi connectivity index (χ1n) is 12.7. The van der Waals surface area contributed by atoms with E-state index < -0.39 is 0 Å². The highest BCUT2D eigenvalue weighted by atomic mass is 16.5. The molecular formula is C35H28O. The molecule has 1 heterocycles. The van der Waals surface area contributed by atoms with Gasteiger partial charge in [0.05, 0.1) is 5.41 Å². The Morgan fingerprint density at radius 2 is 0.972 bits per heavy atom. The number of ether oxygens (including phenoxy) is 1. The molecule has 1 heteroatoms. The first kappa shape index (κ1) is 21.2. The van der Waals surface area contributed by atoms with Crippen LogP contribution in [0.1, 0.15) is 48.6 Å². The van der Waals surface area contributed by atoms with E-state index in [1.54, 1.807) is 0 Å². The second-order valence-electron chi connectivity index (χ2n) is 10.7. The van der Waals surface area contributed by atoms with E-state index in [0.717, 1.165) is 11.5 Å². The van der Waals surface area contributed by atoms with Crippen molar-refractivity contribution in [3.63, 3.8) is 0 Å².